The van der Waals surface area contributed by atoms with E-state index in [1.54, 1.807) is 23.5 Å². The molecule has 3 heterocycles. The summed E-state index contributed by atoms with van der Waals surface area (Å²) in [6.45, 7) is 2.75. The number of thiophene rings is 1. The molecule has 192 valence electrons. The van der Waals surface area contributed by atoms with Crippen molar-refractivity contribution in [2.24, 2.45) is 0 Å². The average molecular weight is 533 g/mol. The summed E-state index contributed by atoms with van der Waals surface area (Å²) in [7, 11) is -1.71. The zero-order valence-electron chi connectivity index (χ0n) is 19.7. The van der Waals surface area contributed by atoms with Gasteiger partial charge in [0.25, 0.3) is 5.91 Å². The number of likely N-dealkylation sites (N-methyl/N-ethyl adjacent to an activating group) is 1. The van der Waals surface area contributed by atoms with Crippen molar-refractivity contribution in [3.05, 3.63) is 58.5 Å². The summed E-state index contributed by atoms with van der Waals surface area (Å²) in [5, 5.41) is 19.9. The summed E-state index contributed by atoms with van der Waals surface area (Å²) >= 11 is 1.64. The highest BCUT2D eigenvalue weighted by Crippen LogP contribution is 2.30. The Kier molecular flexibility index (Phi) is 8.28. The Morgan fingerprint density at radius 2 is 1.78 bits per heavy atom. The Balaban J connectivity index is 1.41. The molecule has 0 spiro atoms. The largest absolute Gasteiger partial charge is 0.395 e. The van der Waals surface area contributed by atoms with Gasteiger partial charge in [0.1, 0.15) is 0 Å². The Labute approximate surface area is 213 Å². The summed E-state index contributed by atoms with van der Waals surface area (Å²) in [4.78, 5) is 25.0. The fourth-order valence-electron chi connectivity index (χ4n) is 3.97. The minimum Gasteiger partial charge on any atom is -0.395 e. The summed E-state index contributed by atoms with van der Waals surface area (Å²) < 4.78 is 27.9. The maximum atomic E-state index is 13.2. The number of rotatable bonds is 9. The van der Waals surface area contributed by atoms with Gasteiger partial charge in [-0.3, -0.25) is 14.9 Å². The molecule has 1 fully saturated rings. The molecule has 0 unspecified atom stereocenters. The SMILES string of the molecule is CN(CCO)Cc1sccc1-c1ccc(S(=O)(=O)N2CCN(c3ncc(C(=O)NO)cn3)CC2)cc1. The first kappa shape index (κ1) is 26.1. The number of benzene rings is 1. The number of nitrogens with zero attached hydrogens (tertiary/aromatic N) is 5. The number of hydrogen-bond acceptors (Lipinski definition) is 10. The monoisotopic (exact) mass is 532 g/mol. The summed E-state index contributed by atoms with van der Waals surface area (Å²) in [5.74, 6) is -0.310. The van der Waals surface area contributed by atoms with Crippen LogP contribution in [0.2, 0.25) is 0 Å². The highest BCUT2D eigenvalue weighted by molar-refractivity contribution is 7.89. The van der Waals surface area contributed by atoms with Crippen LogP contribution in [0.15, 0.2) is 53.0 Å². The normalized spacial score (nSPS) is 14.8. The van der Waals surface area contributed by atoms with Crippen LogP contribution >= 0.6 is 11.3 Å². The molecule has 2 aromatic heterocycles. The van der Waals surface area contributed by atoms with E-state index in [1.165, 1.54) is 22.2 Å². The Morgan fingerprint density at radius 3 is 2.39 bits per heavy atom. The van der Waals surface area contributed by atoms with Crippen molar-refractivity contribution in [1.29, 1.82) is 0 Å². The Bertz CT molecular complexity index is 1270. The van der Waals surface area contributed by atoms with Gasteiger partial charge in [-0.2, -0.15) is 4.31 Å². The molecule has 13 heteroatoms. The molecule has 0 saturated carbocycles. The van der Waals surface area contributed by atoms with E-state index in [1.807, 2.05) is 40.4 Å². The van der Waals surface area contributed by atoms with Crippen LogP contribution < -0.4 is 10.4 Å². The van der Waals surface area contributed by atoms with Crippen LogP contribution in [0, 0.1) is 0 Å². The highest BCUT2D eigenvalue weighted by Gasteiger charge is 2.29. The first-order chi connectivity index (χ1) is 17.3. The van der Waals surface area contributed by atoms with E-state index in [9.17, 15) is 13.2 Å². The summed E-state index contributed by atoms with van der Waals surface area (Å²) in [6.07, 6.45) is 2.62. The Hall–Kier alpha value is -2.94. The molecule has 0 radical (unpaired) electrons. The number of anilines is 1. The van der Waals surface area contributed by atoms with Gasteiger partial charge in [0.05, 0.1) is 17.1 Å². The zero-order chi connectivity index (χ0) is 25.7. The van der Waals surface area contributed by atoms with Crippen molar-refractivity contribution in [3.63, 3.8) is 0 Å². The van der Waals surface area contributed by atoms with Crippen molar-refractivity contribution in [3.8, 4) is 11.1 Å². The minimum absolute atomic E-state index is 0.0979. The second-order valence-corrected chi connectivity index (χ2v) is 11.3. The van der Waals surface area contributed by atoms with E-state index < -0.39 is 15.9 Å². The lowest BCUT2D eigenvalue weighted by atomic mass is 10.1. The van der Waals surface area contributed by atoms with Gasteiger partial charge in [0.2, 0.25) is 16.0 Å². The summed E-state index contributed by atoms with van der Waals surface area (Å²) in [5.41, 5.74) is 3.66. The van der Waals surface area contributed by atoms with Crippen molar-refractivity contribution < 1.29 is 23.5 Å². The van der Waals surface area contributed by atoms with E-state index in [2.05, 4.69) is 9.97 Å². The van der Waals surface area contributed by atoms with Crippen LogP contribution in [0.3, 0.4) is 0 Å². The molecule has 11 nitrogen and oxygen atoms in total. The molecular formula is C23H28N6O5S2. The quantitative estimate of drug-likeness (QED) is 0.274. The number of amides is 1. The number of carbonyl (C=O) groups is 1. The molecule has 0 bridgehead atoms. The molecule has 36 heavy (non-hydrogen) atoms. The topological polar surface area (TPSA) is 139 Å². The lowest BCUT2D eigenvalue weighted by Gasteiger charge is -2.34. The zero-order valence-corrected chi connectivity index (χ0v) is 21.4. The number of sulfonamides is 1. The molecule has 3 N–H and O–H groups in total. The third-order valence-corrected chi connectivity index (χ3v) is 8.79. The molecule has 1 aliphatic heterocycles. The molecule has 1 amide bonds. The third kappa shape index (κ3) is 5.72. The van der Waals surface area contributed by atoms with Gasteiger partial charge in [-0.05, 0) is 41.8 Å². The van der Waals surface area contributed by atoms with Gasteiger partial charge in [-0.1, -0.05) is 12.1 Å². The fraction of sp³-hybridized carbons (Fsp3) is 0.348. The van der Waals surface area contributed by atoms with Crippen molar-refractivity contribution in [2.45, 2.75) is 11.4 Å². The number of hydroxylamine groups is 1. The molecule has 1 aliphatic rings. The van der Waals surface area contributed by atoms with E-state index in [-0.39, 0.29) is 30.2 Å². The van der Waals surface area contributed by atoms with Gasteiger partial charge < -0.3 is 10.0 Å². The van der Waals surface area contributed by atoms with Gasteiger partial charge in [0.15, 0.2) is 0 Å². The minimum atomic E-state index is -3.66. The van der Waals surface area contributed by atoms with Gasteiger partial charge in [-0.15, -0.1) is 11.3 Å². The van der Waals surface area contributed by atoms with Crippen LogP contribution in [0.4, 0.5) is 5.95 Å². The molecular weight excluding hydrogens is 504 g/mol. The predicted octanol–water partition coefficient (Wildman–Crippen LogP) is 1.26. The highest BCUT2D eigenvalue weighted by atomic mass is 32.2. The predicted molar refractivity (Wildman–Crippen MR) is 135 cm³/mol. The fourth-order valence-corrected chi connectivity index (χ4v) is 6.36. The van der Waals surface area contributed by atoms with Crippen LogP contribution in [0.25, 0.3) is 11.1 Å². The van der Waals surface area contributed by atoms with Crippen molar-refractivity contribution in [1.82, 2.24) is 24.7 Å². The smallest absolute Gasteiger partial charge is 0.277 e. The second kappa shape index (κ2) is 11.4. The first-order valence-corrected chi connectivity index (χ1v) is 13.6. The number of nitrogens with one attached hydrogen (secondary N) is 1. The van der Waals surface area contributed by atoms with Gasteiger partial charge >= 0.3 is 0 Å². The van der Waals surface area contributed by atoms with Crippen LogP contribution in [0.5, 0.6) is 0 Å². The number of aliphatic hydroxyl groups excluding tert-OH is 1. The summed E-state index contributed by atoms with van der Waals surface area (Å²) in [6, 6.07) is 8.98. The van der Waals surface area contributed by atoms with Crippen LogP contribution in [0.1, 0.15) is 15.2 Å². The molecule has 3 aromatic rings. The van der Waals surface area contributed by atoms with Crippen molar-refractivity contribution >= 4 is 33.2 Å². The Morgan fingerprint density at radius 1 is 1.11 bits per heavy atom. The number of carbonyl (C=O) groups excluding carboxylic acids is 1. The maximum absolute atomic E-state index is 13.2. The number of aromatic nitrogens is 2. The number of aliphatic hydroxyl groups is 1. The van der Waals surface area contributed by atoms with Gasteiger partial charge in [-0.25, -0.2) is 23.9 Å². The molecule has 4 rings (SSSR count). The van der Waals surface area contributed by atoms with Crippen molar-refractivity contribution in [2.75, 3.05) is 51.3 Å². The maximum Gasteiger partial charge on any atom is 0.277 e. The molecule has 1 aromatic carbocycles. The van der Waals surface area contributed by atoms with E-state index >= 15 is 0 Å². The molecule has 0 atom stereocenters. The van der Waals surface area contributed by atoms with Gasteiger partial charge in [0, 0.05) is 56.5 Å². The molecule has 0 aliphatic carbocycles. The van der Waals surface area contributed by atoms with E-state index in [0.29, 0.717) is 32.1 Å². The standard InChI is InChI=1S/C23H28N6O5S2/c1-27(11-12-30)16-21-20(6-13-35-21)17-2-4-19(5-3-17)36(33,34)29-9-7-28(8-10-29)23-24-14-18(15-25-23)22(31)26-32/h2-6,13-15,30,32H,7-12,16H2,1H3,(H,26,31). The lowest BCUT2D eigenvalue weighted by Crippen LogP contribution is -2.49. The molecule has 1 saturated heterocycles. The van der Waals surface area contributed by atoms with Crippen LogP contribution in [-0.4, -0.2) is 90.2 Å². The second-order valence-electron chi connectivity index (χ2n) is 8.35. The van der Waals surface area contributed by atoms with E-state index in [4.69, 9.17) is 10.3 Å². The van der Waals surface area contributed by atoms with Crippen LogP contribution in [-0.2, 0) is 16.6 Å². The number of piperazine rings is 1. The number of hydrogen-bond donors (Lipinski definition) is 3. The van der Waals surface area contributed by atoms with E-state index in [0.717, 1.165) is 16.0 Å². The third-order valence-electron chi connectivity index (χ3n) is 5.97. The lowest BCUT2D eigenvalue weighted by molar-refractivity contribution is 0.0705. The first-order valence-electron chi connectivity index (χ1n) is 11.3. The average Bonchev–Trinajstić information content (AvgIpc) is 3.36.